The van der Waals surface area contributed by atoms with Gasteiger partial charge in [0.2, 0.25) is 0 Å². The van der Waals surface area contributed by atoms with Crippen molar-refractivity contribution in [1.29, 1.82) is 0 Å². The molecule has 2 aromatic rings. The van der Waals surface area contributed by atoms with E-state index in [-0.39, 0.29) is 0 Å². The molecule has 0 radical (unpaired) electrons. The highest BCUT2D eigenvalue weighted by Gasteiger charge is 2.31. The van der Waals surface area contributed by atoms with Crippen LogP contribution in [-0.2, 0) is 6.54 Å². The number of likely N-dealkylation sites (tertiary alicyclic amines) is 1. The van der Waals surface area contributed by atoms with Gasteiger partial charge in [0.25, 0.3) is 0 Å². The lowest BCUT2D eigenvalue weighted by atomic mass is 10.1. The highest BCUT2D eigenvalue weighted by molar-refractivity contribution is 5.43. The molecule has 1 aliphatic heterocycles. The Balaban J connectivity index is 1.94. The summed E-state index contributed by atoms with van der Waals surface area (Å²) in [6, 6.07) is 22.1. The van der Waals surface area contributed by atoms with E-state index >= 15 is 0 Å². The van der Waals surface area contributed by atoms with Crippen LogP contribution in [-0.4, -0.2) is 13.1 Å². The first-order chi connectivity index (χ1) is 9.89. The van der Waals surface area contributed by atoms with E-state index in [0.29, 0.717) is 0 Å². The summed E-state index contributed by atoms with van der Waals surface area (Å²) in [6.07, 6.45) is 5.48. The first-order valence-electron chi connectivity index (χ1n) is 7.85. The van der Waals surface area contributed by atoms with Crippen LogP contribution in [0, 0.1) is 0 Å². The Hall–Kier alpha value is -1.60. The number of quaternary nitrogens is 1. The van der Waals surface area contributed by atoms with Crippen LogP contribution in [0.4, 0.5) is 5.69 Å². The van der Waals surface area contributed by atoms with Gasteiger partial charge >= 0.3 is 0 Å². The van der Waals surface area contributed by atoms with Crippen LogP contribution in [0.3, 0.4) is 0 Å². The van der Waals surface area contributed by atoms with Crippen molar-refractivity contribution in [3.8, 4) is 0 Å². The van der Waals surface area contributed by atoms with Gasteiger partial charge in [-0.15, -0.1) is 0 Å². The minimum Gasteiger partial charge on any atom is -0.287 e. The molecule has 1 heteroatoms. The number of para-hydroxylation sites is 1. The Kier molecular flexibility index (Phi) is 4.17. The molecular weight excluding hydrogens is 242 g/mol. The topological polar surface area (TPSA) is 0 Å². The maximum atomic E-state index is 2.31. The van der Waals surface area contributed by atoms with Gasteiger partial charge < -0.3 is 0 Å². The average Bonchev–Trinajstić information content (AvgIpc) is 2.76. The molecule has 0 aliphatic carbocycles. The quantitative estimate of drug-likeness (QED) is 0.702. The summed E-state index contributed by atoms with van der Waals surface area (Å²) in [5.41, 5.74) is 2.94. The molecule has 20 heavy (non-hydrogen) atoms. The monoisotopic (exact) mass is 266 g/mol. The fourth-order valence-corrected chi connectivity index (χ4v) is 3.48. The maximum Gasteiger partial charge on any atom is 0.133 e. The molecule has 0 saturated carbocycles. The summed E-state index contributed by atoms with van der Waals surface area (Å²) in [6.45, 7) is 3.68. The van der Waals surface area contributed by atoms with Gasteiger partial charge in [0.1, 0.15) is 12.2 Å². The number of rotatable bonds is 3. The van der Waals surface area contributed by atoms with Gasteiger partial charge in [0.05, 0.1) is 13.1 Å². The smallest absolute Gasteiger partial charge is 0.133 e. The first-order valence-corrected chi connectivity index (χ1v) is 7.85. The molecule has 2 aromatic carbocycles. The number of nitrogens with zero attached hydrogens (tertiary/aromatic N) is 1. The predicted octanol–water partition coefficient (Wildman–Crippen LogP) is 4.77. The molecule has 0 unspecified atom stereocenters. The summed E-state index contributed by atoms with van der Waals surface area (Å²) >= 11 is 0. The normalized spacial score (nSPS) is 18.4. The third-order valence-electron chi connectivity index (χ3n) is 4.55. The summed E-state index contributed by atoms with van der Waals surface area (Å²) in [7, 11) is 0. The van der Waals surface area contributed by atoms with Crippen molar-refractivity contribution in [3.05, 3.63) is 66.2 Å². The fourth-order valence-electron chi connectivity index (χ4n) is 3.48. The molecular formula is C19H24N+. The lowest BCUT2D eigenvalue weighted by Crippen LogP contribution is -2.49. The van der Waals surface area contributed by atoms with Crippen LogP contribution in [0.5, 0.6) is 0 Å². The lowest BCUT2D eigenvalue weighted by Gasteiger charge is -2.37. The second-order valence-corrected chi connectivity index (χ2v) is 5.99. The molecule has 0 amide bonds. The second kappa shape index (κ2) is 6.23. The SMILES string of the molecule is c1ccc(C[N+]2(c3ccccc3)CCCCCC2)cc1. The highest BCUT2D eigenvalue weighted by atomic mass is 15.4. The van der Waals surface area contributed by atoms with Gasteiger partial charge in [-0.2, -0.15) is 0 Å². The van der Waals surface area contributed by atoms with Gasteiger partial charge in [-0.3, -0.25) is 4.48 Å². The van der Waals surface area contributed by atoms with Gasteiger partial charge in [-0.1, -0.05) is 48.5 Å². The van der Waals surface area contributed by atoms with E-state index in [1.165, 1.54) is 50.0 Å². The summed E-state index contributed by atoms with van der Waals surface area (Å²) in [5.74, 6) is 0. The predicted molar refractivity (Wildman–Crippen MR) is 86.6 cm³/mol. The molecule has 1 heterocycles. The molecule has 1 aliphatic rings. The van der Waals surface area contributed by atoms with Crippen LogP contribution in [0.1, 0.15) is 31.2 Å². The van der Waals surface area contributed by atoms with E-state index < -0.39 is 0 Å². The van der Waals surface area contributed by atoms with Crippen LogP contribution < -0.4 is 4.48 Å². The Morgan fingerprint density at radius 1 is 0.650 bits per heavy atom. The Labute approximate surface area is 122 Å². The van der Waals surface area contributed by atoms with E-state index in [1.807, 2.05) is 0 Å². The Morgan fingerprint density at radius 2 is 1.20 bits per heavy atom. The zero-order chi connectivity index (χ0) is 13.7. The average molecular weight is 266 g/mol. The summed E-state index contributed by atoms with van der Waals surface area (Å²) in [5, 5.41) is 0. The van der Waals surface area contributed by atoms with Crippen molar-refractivity contribution in [2.75, 3.05) is 13.1 Å². The van der Waals surface area contributed by atoms with Crippen LogP contribution in [0.15, 0.2) is 60.7 Å². The van der Waals surface area contributed by atoms with Crippen molar-refractivity contribution < 1.29 is 0 Å². The van der Waals surface area contributed by atoms with Crippen molar-refractivity contribution in [3.63, 3.8) is 0 Å². The molecule has 0 atom stereocenters. The molecule has 1 fully saturated rings. The molecule has 0 N–H and O–H groups in total. The van der Waals surface area contributed by atoms with Crippen molar-refractivity contribution >= 4 is 5.69 Å². The van der Waals surface area contributed by atoms with Crippen LogP contribution in [0.25, 0.3) is 0 Å². The van der Waals surface area contributed by atoms with Crippen molar-refractivity contribution in [1.82, 2.24) is 4.48 Å². The minimum atomic E-state index is 1.13. The molecule has 0 bridgehead atoms. The van der Waals surface area contributed by atoms with E-state index in [9.17, 15) is 0 Å². The zero-order valence-corrected chi connectivity index (χ0v) is 12.2. The highest BCUT2D eigenvalue weighted by Crippen LogP contribution is 2.30. The number of hydrogen-bond donors (Lipinski definition) is 0. The van der Waals surface area contributed by atoms with Gasteiger partial charge in [-0.25, -0.2) is 0 Å². The molecule has 0 aromatic heterocycles. The van der Waals surface area contributed by atoms with E-state index in [2.05, 4.69) is 60.7 Å². The third-order valence-corrected chi connectivity index (χ3v) is 4.55. The first kappa shape index (κ1) is 13.4. The summed E-state index contributed by atoms with van der Waals surface area (Å²) in [4.78, 5) is 0. The lowest BCUT2D eigenvalue weighted by molar-refractivity contribution is 0.274. The van der Waals surface area contributed by atoms with E-state index in [1.54, 1.807) is 0 Å². The van der Waals surface area contributed by atoms with E-state index in [4.69, 9.17) is 0 Å². The minimum absolute atomic E-state index is 1.13. The van der Waals surface area contributed by atoms with Crippen molar-refractivity contribution in [2.24, 2.45) is 0 Å². The van der Waals surface area contributed by atoms with Gasteiger partial charge in [0, 0.05) is 5.56 Å². The fraction of sp³-hybridized carbons (Fsp3) is 0.368. The standard InChI is InChI=1S/C19H24N/c1-2-10-16-20(15-9-1,19-13-7-4-8-14-19)17-18-11-5-3-6-12-18/h3-8,11-14H,1-2,9-10,15-17H2/q+1. The zero-order valence-electron chi connectivity index (χ0n) is 12.2. The van der Waals surface area contributed by atoms with E-state index in [0.717, 1.165) is 11.0 Å². The molecule has 104 valence electrons. The molecule has 1 nitrogen and oxygen atoms in total. The molecule has 3 rings (SSSR count). The van der Waals surface area contributed by atoms with Gasteiger partial charge in [0.15, 0.2) is 0 Å². The summed E-state index contributed by atoms with van der Waals surface area (Å²) < 4.78 is 1.13. The number of hydrogen-bond acceptors (Lipinski definition) is 0. The largest absolute Gasteiger partial charge is 0.287 e. The van der Waals surface area contributed by atoms with Crippen molar-refractivity contribution in [2.45, 2.75) is 32.2 Å². The number of benzene rings is 2. The third kappa shape index (κ3) is 2.94. The Morgan fingerprint density at radius 3 is 1.80 bits per heavy atom. The maximum absolute atomic E-state index is 2.31. The van der Waals surface area contributed by atoms with Gasteiger partial charge in [-0.05, 0) is 37.8 Å². The molecule has 0 spiro atoms. The Bertz CT molecular complexity index is 510. The van der Waals surface area contributed by atoms with Crippen LogP contribution in [0.2, 0.25) is 0 Å². The second-order valence-electron chi connectivity index (χ2n) is 5.99. The van der Waals surface area contributed by atoms with Crippen LogP contribution >= 0.6 is 0 Å². The molecule has 1 saturated heterocycles.